The summed E-state index contributed by atoms with van der Waals surface area (Å²) < 4.78 is 0. The monoisotopic (exact) mass is 232 g/mol. The third-order valence-corrected chi connectivity index (χ3v) is 2.07. The molecule has 16 heavy (non-hydrogen) atoms. The van der Waals surface area contributed by atoms with Gasteiger partial charge in [0.05, 0.1) is 12.3 Å². The first-order valence-electron chi connectivity index (χ1n) is 5.42. The summed E-state index contributed by atoms with van der Waals surface area (Å²) in [4.78, 5) is 20.2. The van der Waals surface area contributed by atoms with Crippen molar-refractivity contribution in [2.24, 2.45) is 17.3 Å². The topological polar surface area (TPSA) is 74.6 Å². The number of carbonyl (C=O) groups is 2. The van der Waals surface area contributed by atoms with Crippen LogP contribution in [0.15, 0.2) is 0 Å². The fraction of sp³-hybridized carbons (Fsp3) is 0.833. The summed E-state index contributed by atoms with van der Waals surface area (Å²) >= 11 is 0. The summed E-state index contributed by atoms with van der Waals surface area (Å²) in [5, 5.41) is 16.6. The zero-order valence-corrected chi connectivity index (χ0v) is 11.1. The Labute approximate surface area is 97.7 Å². The van der Waals surface area contributed by atoms with E-state index in [-0.39, 0.29) is 23.7 Å². The molecule has 4 nitrogen and oxygen atoms in total. The van der Waals surface area contributed by atoms with Gasteiger partial charge in [-0.15, -0.1) is 0 Å². The van der Waals surface area contributed by atoms with Gasteiger partial charge in [0, 0.05) is 0 Å². The Morgan fingerprint density at radius 3 is 1.44 bits per heavy atom. The third-order valence-electron chi connectivity index (χ3n) is 2.07. The molecule has 0 fully saturated rings. The number of carboxylic acids is 2. The predicted octanol–water partition coefficient (Wildman–Crippen LogP) is 2.87. The molecule has 0 spiro atoms. The van der Waals surface area contributed by atoms with Crippen LogP contribution in [0.1, 0.15) is 48.0 Å². The maximum atomic E-state index is 10.1. The van der Waals surface area contributed by atoms with Crippen molar-refractivity contribution in [3.63, 3.8) is 0 Å². The van der Waals surface area contributed by atoms with Crippen molar-refractivity contribution in [2.75, 3.05) is 0 Å². The van der Waals surface area contributed by atoms with E-state index in [2.05, 4.69) is 0 Å². The zero-order chi connectivity index (χ0) is 13.5. The number of aliphatic carboxylic acids is 2. The van der Waals surface area contributed by atoms with Gasteiger partial charge in [-0.05, 0) is 11.3 Å². The van der Waals surface area contributed by atoms with E-state index in [1.54, 1.807) is 6.92 Å². The minimum atomic E-state index is -0.725. The van der Waals surface area contributed by atoms with E-state index in [9.17, 15) is 9.59 Å². The van der Waals surface area contributed by atoms with Crippen LogP contribution in [0, 0.1) is 17.3 Å². The van der Waals surface area contributed by atoms with Crippen molar-refractivity contribution in [3.05, 3.63) is 0 Å². The molecule has 0 saturated heterocycles. The third kappa shape index (κ3) is 12.9. The van der Waals surface area contributed by atoms with Gasteiger partial charge >= 0.3 is 11.9 Å². The summed E-state index contributed by atoms with van der Waals surface area (Å²) in [5.41, 5.74) is -0.0775. The average Bonchev–Trinajstić information content (AvgIpc) is 1.98. The van der Waals surface area contributed by atoms with Crippen LogP contribution >= 0.6 is 0 Å². The lowest BCUT2D eigenvalue weighted by molar-refractivity contribution is -0.142. The Hall–Kier alpha value is -1.06. The molecule has 4 heteroatoms. The van der Waals surface area contributed by atoms with Crippen molar-refractivity contribution < 1.29 is 19.8 Å². The molecule has 1 unspecified atom stereocenters. The molecule has 0 saturated carbocycles. The highest BCUT2D eigenvalue weighted by Gasteiger charge is 2.14. The molecule has 2 N–H and O–H groups in total. The highest BCUT2D eigenvalue weighted by Crippen LogP contribution is 2.17. The molecule has 0 aromatic carbocycles. The minimum Gasteiger partial charge on any atom is -0.481 e. The molecule has 0 radical (unpaired) electrons. The summed E-state index contributed by atoms with van der Waals surface area (Å²) in [7, 11) is 0. The van der Waals surface area contributed by atoms with Gasteiger partial charge in [0.25, 0.3) is 0 Å². The zero-order valence-electron chi connectivity index (χ0n) is 11.1. The molecule has 0 aliphatic rings. The van der Waals surface area contributed by atoms with E-state index < -0.39 is 11.9 Å². The largest absolute Gasteiger partial charge is 0.481 e. The highest BCUT2D eigenvalue weighted by molar-refractivity contribution is 5.69. The van der Waals surface area contributed by atoms with Crippen LogP contribution in [0.3, 0.4) is 0 Å². The number of rotatable bonds is 3. The predicted molar refractivity (Wildman–Crippen MR) is 63.3 cm³/mol. The van der Waals surface area contributed by atoms with Crippen molar-refractivity contribution in [1.29, 1.82) is 0 Å². The molecule has 0 aromatic rings. The highest BCUT2D eigenvalue weighted by atomic mass is 16.4. The smallest absolute Gasteiger partial charge is 0.306 e. The van der Waals surface area contributed by atoms with E-state index in [0.717, 1.165) is 0 Å². The molecule has 0 amide bonds. The van der Waals surface area contributed by atoms with Gasteiger partial charge < -0.3 is 10.2 Å². The SMILES string of the molecule is CC(C)(C)CC(=O)O.CC(C)C(C)C(=O)O. The number of carboxylic acid groups (broad SMARTS) is 2. The van der Waals surface area contributed by atoms with Crippen LogP contribution in [-0.2, 0) is 9.59 Å². The molecule has 0 aromatic heterocycles. The van der Waals surface area contributed by atoms with Crippen LogP contribution in [0.4, 0.5) is 0 Å². The van der Waals surface area contributed by atoms with Gasteiger partial charge in [0.15, 0.2) is 0 Å². The first-order valence-corrected chi connectivity index (χ1v) is 5.42. The molecule has 0 heterocycles. The standard InChI is InChI=1S/2C6H12O2/c1-6(2,3)4-5(7)8;1-4(2)5(3)6(7)8/h4H2,1-3H3,(H,7,8);4-5H,1-3H3,(H,7,8). The van der Waals surface area contributed by atoms with Crippen molar-refractivity contribution in [1.82, 2.24) is 0 Å². The van der Waals surface area contributed by atoms with Gasteiger partial charge in [-0.2, -0.15) is 0 Å². The molecule has 0 bridgehead atoms. The lowest BCUT2D eigenvalue weighted by Gasteiger charge is -2.13. The molecule has 96 valence electrons. The normalized spacial score (nSPS) is 12.7. The van der Waals surface area contributed by atoms with E-state index in [0.29, 0.717) is 0 Å². The fourth-order valence-corrected chi connectivity index (χ4v) is 0.739. The second kappa shape index (κ2) is 7.25. The van der Waals surface area contributed by atoms with E-state index in [1.165, 1.54) is 0 Å². The van der Waals surface area contributed by atoms with Gasteiger partial charge in [-0.25, -0.2) is 0 Å². The van der Waals surface area contributed by atoms with Crippen LogP contribution in [0.25, 0.3) is 0 Å². The lowest BCUT2D eigenvalue weighted by Crippen LogP contribution is -2.15. The summed E-state index contributed by atoms with van der Waals surface area (Å²) in [6, 6.07) is 0. The Morgan fingerprint density at radius 1 is 1.06 bits per heavy atom. The van der Waals surface area contributed by atoms with E-state index >= 15 is 0 Å². The minimum absolute atomic E-state index is 0.0775. The molecule has 1 atom stereocenters. The lowest BCUT2D eigenvalue weighted by atomic mass is 9.93. The Morgan fingerprint density at radius 2 is 1.44 bits per heavy atom. The molecular weight excluding hydrogens is 208 g/mol. The van der Waals surface area contributed by atoms with Gasteiger partial charge in [0.2, 0.25) is 0 Å². The van der Waals surface area contributed by atoms with Gasteiger partial charge in [-0.3, -0.25) is 9.59 Å². The first kappa shape index (κ1) is 17.3. The van der Waals surface area contributed by atoms with Crippen molar-refractivity contribution >= 4 is 11.9 Å². The summed E-state index contributed by atoms with van der Waals surface area (Å²) in [5.74, 6) is -1.40. The molecule has 0 aliphatic carbocycles. The van der Waals surface area contributed by atoms with Crippen LogP contribution in [-0.4, -0.2) is 22.2 Å². The van der Waals surface area contributed by atoms with E-state index in [4.69, 9.17) is 10.2 Å². The Kier molecular flexibility index (Phi) is 7.86. The molecule has 0 rings (SSSR count). The Balaban J connectivity index is 0. The van der Waals surface area contributed by atoms with Gasteiger partial charge in [-0.1, -0.05) is 41.5 Å². The molecule has 0 aliphatic heterocycles. The summed E-state index contributed by atoms with van der Waals surface area (Å²) in [6.07, 6.45) is 0.243. The van der Waals surface area contributed by atoms with Crippen LogP contribution < -0.4 is 0 Å². The Bertz CT molecular complexity index is 226. The molecular formula is C12H24O4. The maximum Gasteiger partial charge on any atom is 0.306 e. The van der Waals surface area contributed by atoms with Crippen LogP contribution in [0.5, 0.6) is 0 Å². The van der Waals surface area contributed by atoms with E-state index in [1.807, 2.05) is 34.6 Å². The van der Waals surface area contributed by atoms with Crippen molar-refractivity contribution in [2.45, 2.75) is 48.0 Å². The summed E-state index contributed by atoms with van der Waals surface area (Å²) in [6.45, 7) is 11.2. The fourth-order valence-electron chi connectivity index (χ4n) is 0.739. The second-order valence-electron chi connectivity index (χ2n) is 5.50. The average molecular weight is 232 g/mol. The quantitative estimate of drug-likeness (QED) is 0.784. The second-order valence-corrected chi connectivity index (χ2v) is 5.50. The van der Waals surface area contributed by atoms with Gasteiger partial charge in [0.1, 0.15) is 0 Å². The van der Waals surface area contributed by atoms with Crippen LogP contribution in [0.2, 0.25) is 0 Å². The number of hydrogen-bond donors (Lipinski definition) is 2. The maximum absolute atomic E-state index is 10.1. The first-order chi connectivity index (χ1) is 6.97. The van der Waals surface area contributed by atoms with Crippen molar-refractivity contribution in [3.8, 4) is 0 Å². The number of hydrogen-bond acceptors (Lipinski definition) is 2.